The largest absolute Gasteiger partial charge is 0.477 e. The summed E-state index contributed by atoms with van der Waals surface area (Å²) in [4.78, 5) is 12.2. The van der Waals surface area contributed by atoms with Crippen LogP contribution in [0.4, 0.5) is 0 Å². The van der Waals surface area contributed by atoms with E-state index in [1.165, 1.54) is 12.8 Å². The Morgan fingerprint density at radius 1 is 1.16 bits per heavy atom. The lowest BCUT2D eigenvalue weighted by Crippen LogP contribution is -2.57. The number of ether oxygens (including phenoxy) is 2. The Hall–Kier alpha value is -0.730. The zero-order valence-electron chi connectivity index (χ0n) is 20.2. The summed E-state index contributed by atoms with van der Waals surface area (Å²) < 4.78 is 11.9. The van der Waals surface area contributed by atoms with E-state index in [2.05, 4.69) is 27.7 Å². The van der Waals surface area contributed by atoms with Crippen molar-refractivity contribution in [3.63, 3.8) is 0 Å². The number of aliphatic hydroxyl groups is 3. The second-order valence-electron chi connectivity index (χ2n) is 12.5. The normalized spacial score (nSPS) is 50.0. The molecule has 4 rings (SSSR count). The van der Waals surface area contributed by atoms with E-state index in [0.29, 0.717) is 22.7 Å². The molecule has 0 spiro atoms. The summed E-state index contributed by atoms with van der Waals surface area (Å²) in [5.41, 5.74) is 0.755. The predicted molar refractivity (Wildman–Crippen MR) is 118 cm³/mol. The minimum Gasteiger partial charge on any atom is -0.477 e. The SMILES string of the molecule is CC1C(O)CC(OCC2(C)CC2CC2CC3CC3(C)C2(C)C)(C(=O)O)OC1CC(O)CO. The third kappa shape index (κ3) is 3.92. The fraction of sp³-hybridized carbons (Fsp3) is 0.960. The molecule has 4 N–H and O–H groups in total. The van der Waals surface area contributed by atoms with Crippen LogP contribution in [0.3, 0.4) is 0 Å². The number of carboxylic acids is 1. The maximum Gasteiger partial charge on any atom is 0.364 e. The van der Waals surface area contributed by atoms with E-state index in [-0.39, 0.29) is 30.8 Å². The van der Waals surface area contributed by atoms with E-state index >= 15 is 0 Å². The quantitative estimate of drug-likeness (QED) is 0.423. The van der Waals surface area contributed by atoms with Gasteiger partial charge in [0.15, 0.2) is 0 Å². The number of carboxylic acid groups (broad SMARTS) is 1. The van der Waals surface area contributed by atoms with Gasteiger partial charge in [0.1, 0.15) is 0 Å². The van der Waals surface area contributed by atoms with Crippen LogP contribution in [-0.4, -0.2) is 63.7 Å². The highest BCUT2D eigenvalue weighted by molar-refractivity contribution is 5.76. The third-order valence-electron chi connectivity index (χ3n) is 10.3. The summed E-state index contributed by atoms with van der Waals surface area (Å²) in [6, 6.07) is 0. The molecule has 0 aromatic heterocycles. The number of aliphatic carboxylic acids is 1. The molecule has 0 aromatic rings. The van der Waals surface area contributed by atoms with Gasteiger partial charge in [-0.1, -0.05) is 34.6 Å². The van der Waals surface area contributed by atoms with E-state index in [4.69, 9.17) is 9.47 Å². The summed E-state index contributed by atoms with van der Waals surface area (Å²) in [5.74, 6) is -1.47. The van der Waals surface area contributed by atoms with Crippen LogP contribution in [0.5, 0.6) is 0 Å². The molecule has 4 aliphatic rings. The van der Waals surface area contributed by atoms with E-state index in [1.54, 1.807) is 6.92 Å². The summed E-state index contributed by atoms with van der Waals surface area (Å²) in [6.07, 6.45) is 2.05. The first-order valence-corrected chi connectivity index (χ1v) is 12.3. The van der Waals surface area contributed by atoms with Crippen LogP contribution in [0.15, 0.2) is 0 Å². The number of rotatable bonds is 9. The summed E-state index contributed by atoms with van der Waals surface area (Å²) in [7, 11) is 0. The number of carbonyl (C=O) groups is 1. The van der Waals surface area contributed by atoms with Gasteiger partial charge in [0, 0.05) is 18.8 Å². The van der Waals surface area contributed by atoms with Gasteiger partial charge in [0.25, 0.3) is 5.79 Å². The standard InChI is InChI=1S/C25H42O7/c1-14-19(28)11-25(21(29)30,32-20(14)8-18(27)12-26)31-13-23(4)9-16(23)6-15-7-17-10-24(17,5)22(15,2)3/h14-20,26-28H,6-13H2,1-5H3,(H,29,30). The monoisotopic (exact) mass is 454 g/mol. The average Bonchev–Trinajstić information content (AvgIpc) is 3.56. The van der Waals surface area contributed by atoms with Crippen LogP contribution in [0, 0.1) is 39.9 Å². The Kier molecular flexibility index (Phi) is 6.03. The zero-order valence-corrected chi connectivity index (χ0v) is 20.2. The lowest BCUT2D eigenvalue weighted by atomic mass is 9.69. The van der Waals surface area contributed by atoms with Crippen molar-refractivity contribution in [2.45, 2.75) is 97.2 Å². The smallest absolute Gasteiger partial charge is 0.364 e. The molecule has 0 bridgehead atoms. The van der Waals surface area contributed by atoms with Crippen LogP contribution < -0.4 is 0 Å². The van der Waals surface area contributed by atoms with Crippen molar-refractivity contribution in [3.8, 4) is 0 Å². The minimum absolute atomic E-state index is 0.0453. The first kappa shape index (κ1) is 24.4. The molecule has 184 valence electrons. The van der Waals surface area contributed by atoms with Crippen LogP contribution in [0.1, 0.15) is 73.1 Å². The Balaban J connectivity index is 1.38. The van der Waals surface area contributed by atoms with Gasteiger partial charge < -0.3 is 29.9 Å². The molecule has 10 atom stereocenters. The van der Waals surface area contributed by atoms with Crippen molar-refractivity contribution < 1.29 is 34.7 Å². The highest BCUT2D eigenvalue weighted by atomic mass is 16.7. The van der Waals surface area contributed by atoms with Gasteiger partial charge in [-0.3, -0.25) is 0 Å². The maximum absolute atomic E-state index is 12.2. The lowest BCUT2D eigenvalue weighted by Gasteiger charge is -2.44. The van der Waals surface area contributed by atoms with Crippen molar-refractivity contribution in [3.05, 3.63) is 0 Å². The van der Waals surface area contributed by atoms with E-state index in [1.807, 2.05) is 0 Å². The molecule has 4 fully saturated rings. The molecule has 7 nitrogen and oxygen atoms in total. The molecule has 10 unspecified atom stereocenters. The molecule has 1 aliphatic heterocycles. The predicted octanol–water partition coefficient (Wildman–Crippen LogP) is 2.80. The summed E-state index contributed by atoms with van der Waals surface area (Å²) in [5, 5.41) is 39.5. The molecule has 32 heavy (non-hydrogen) atoms. The van der Waals surface area contributed by atoms with Crippen molar-refractivity contribution in [2.75, 3.05) is 13.2 Å². The summed E-state index contributed by atoms with van der Waals surface area (Å²) >= 11 is 0. The molecular weight excluding hydrogens is 412 g/mol. The van der Waals surface area contributed by atoms with Gasteiger partial charge in [-0.15, -0.1) is 0 Å². The second-order valence-corrected chi connectivity index (χ2v) is 12.5. The first-order chi connectivity index (χ1) is 14.8. The van der Waals surface area contributed by atoms with Crippen LogP contribution >= 0.6 is 0 Å². The number of hydrogen-bond donors (Lipinski definition) is 4. The summed E-state index contributed by atoms with van der Waals surface area (Å²) in [6.45, 7) is 11.0. The van der Waals surface area contributed by atoms with Gasteiger partial charge in [0.05, 0.1) is 31.5 Å². The molecule has 0 amide bonds. The lowest BCUT2D eigenvalue weighted by molar-refractivity contribution is -0.307. The molecule has 3 saturated carbocycles. The Morgan fingerprint density at radius 3 is 2.41 bits per heavy atom. The molecule has 0 aromatic carbocycles. The van der Waals surface area contributed by atoms with Crippen molar-refractivity contribution in [1.29, 1.82) is 0 Å². The highest BCUT2D eigenvalue weighted by Crippen LogP contribution is 2.75. The molecule has 1 heterocycles. The maximum atomic E-state index is 12.2. The Labute approximate surface area is 191 Å². The van der Waals surface area contributed by atoms with E-state index in [9.17, 15) is 25.2 Å². The zero-order chi connectivity index (χ0) is 23.7. The fourth-order valence-electron chi connectivity index (χ4n) is 6.76. The molecule has 7 heteroatoms. The van der Waals surface area contributed by atoms with Gasteiger partial charge >= 0.3 is 5.97 Å². The van der Waals surface area contributed by atoms with Crippen LogP contribution in [0.2, 0.25) is 0 Å². The van der Waals surface area contributed by atoms with Crippen molar-refractivity contribution >= 4 is 5.97 Å². The van der Waals surface area contributed by atoms with Gasteiger partial charge in [-0.2, -0.15) is 0 Å². The van der Waals surface area contributed by atoms with Crippen molar-refractivity contribution in [2.24, 2.45) is 39.9 Å². The molecule has 3 aliphatic carbocycles. The number of hydrogen-bond acceptors (Lipinski definition) is 6. The Bertz CT molecular complexity index is 740. The van der Waals surface area contributed by atoms with Crippen molar-refractivity contribution in [1.82, 2.24) is 0 Å². The highest BCUT2D eigenvalue weighted by Gasteiger charge is 2.68. The minimum atomic E-state index is -1.93. The van der Waals surface area contributed by atoms with E-state index in [0.717, 1.165) is 18.8 Å². The Morgan fingerprint density at radius 2 is 1.84 bits per heavy atom. The van der Waals surface area contributed by atoms with Gasteiger partial charge in [-0.25, -0.2) is 4.79 Å². The third-order valence-corrected chi connectivity index (χ3v) is 10.3. The van der Waals surface area contributed by atoms with Gasteiger partial charge in [-0.05, 0) is 59.7 Å². The number of fused-ring (bicyclic) bond motifs is 1. The van der Waals surface area contributed by atoms with E-state index < -0.39 is 36.7 Å². The average molecular weight is 455 g/mol. The molecular formula is C25H42O7. The second kappa shape index (κ2) is 7.91. The number of aliphatic hydroxyl groups excluding tert-OH is 3. The van der Waals surface area contributed by atoms with Crippen LogP contribution in [0.25, 0.3) is 0 Å². The van der Waals surface area contributed by atoms with Gasteiger partial charge in [0.2, 0.25) is 0 Å². The molecule has 1 saturated heterocycles. The fourth-order valence-corrected chi connectivity index (χ4v) is 6.76. The first-order valence-electron chi connectivity index (χ1n) is 12.3. The molecule has 0 radical (unpaired) electrons. The van der Waals surface area contributed by atoms with Crippen LogP contribution in [-0.2, 0) is 14.3 Å². The topological polar surface area (TPSA) is 116 Å².